The van der Waals surface area contributed by atoms with E-state index < -0.39 is 6.04 Å². The topological polar surface area (TPSA) is 75.4 Å². The molecule has 1 heterocycles. The maximum atomic E-state index is 12.7. The van der Waals surface area contributed by atoms with Gasteiger partial charge in [0.1, 0.15) is 6.04 Å². The van der Waals surface area contributed by atoms with Crippen LogP contribution >= 0.6 is 23.7 Å². The first-order valence-corrected chi connectivity index (χ1v) is 8.35. The van der Waals surface area contributed by atoms with Gasteiger partial charge in [-0.2, -0.15) is 0 Å². The molecule has 0 saturated carbocycles. The van der Waals surface area contributed by atoms with Gasteiger partial charge in [0.05, 0.1) is 4.88 Å². The Labute approximate surface area is 149 Å². The molecule has 23 heavy (non-hydrogen) atoms. The van der Waals surface area contributed by atoms with Gasteiger partial charge in [-0.3, -0.25) is 9.59 Å². The summed E-state index contributed by atoms with van der Waals surface area (Å²) in [4.78, 5) is 27.1. The molecule has 0 aromatic carbocycles. The van der Waals surface area contributed by atoms with E-state index in [1.165, 1.54) is 11.3 Å². The van der Waals surface area contributed by atoms with Gasteiger partial charge in [0.2, 0.25) is 5.91 Å². The number of hydrogen-bond acceptors (Lipinski definition) is 4. The Balaban J connectivity index is 0.00000484. The Hall–Kier alpha value is -1.11. The second-order valence-electron chi connectivity index (χ2n) is 6.74. The fraction of sp³-hybridized carbons (Fsp3) is 0.625. The van der Waals surface area contributed by atoms with Gasteiger partial charge >= 0.3 is 0 Å². The van der Waals surface area contributed by atoms with Crippen LogP contribution in [-0.4, -0.2) is 42.9 Å². The molecule has 0 saturated heterocycles. The Bertz CT molecular complexity index is 503. The molecule has 0 bridgehead atoms. The molecular formula is C16H28ClN3O2S. The molecular weight excluding hydrogens is 334 g/mol. The average molecular weight is 362 g/mol. The molecule has 1 rings (SSSR count). The summed E-state index contributed by atoms with van der Waals surface area (Å²) in [5, 5.41) is 4.70. The quantitative estimate of drug-likeness (QED) is 0.782. The first-order valence-electron chi connectivity index (χ1n) is 7.47. The highest BCUT2D eigenvalue weighted by atomic mass is 35.5. The monoisotopic (exact) mass is 361 g/mol. The SMILES string of the molecule is CC(C)C(NC(=O)c1cccs1)C(=O)N(C)CC(C)(C)CN.Cl. The highest BCUT2D eigenvalue weighted by Crippen LogP contribution is 2.16. The van der Waals surface area contributed by atoms with E-state index in [-0.39, 0.29) is 35.6 Å². The van der Waals surface area contributed by atoms with E-state index in [0.717, 1.165) is 0 Å². The molecule has 0 aliphatic carbocycles. The summed E-state index contributed by atoms with van der Waals surface area (Å²) >= 11 is 1.37. The number of nitrogens with two attached hydrogens (primary N) is 1. The molecule has 1 atom stereocenters. The molecule has 0 fully saturated rings. The zero-order valence-corrected chi connectivity index (χ0v) is 16.1. The molecule has 7 heteroatoms. The maximum Gasteiger partial charge on any atom is 0.262 e. The van der Waals surface area contributed by atoms with Gasteiger partial charge in [0, 0.05) is 13.6 Å². The van der Waals surface area contributed by atoms with E-state index in [1.807, 2.05) is 39.1 Å². The smallest absolute Gasteiger partial charge is 0.262 e. The van der Waals surface area contributed by atoms with Crippen LogP contribution in [0.3, 0.4) is 0 Å². The van der Waals surface area contributed by atoms with Gasteiger partial charge in [0.15, 0.2) is 0 Å². The van der Waals surface area contributed by atoms with E-state index in [4.69, 9.17) is 5.73 Å². The maximum absolute atomic E-state index is 12.7. The fourth-order valence-electron chi connectivity index (χ4n) is 2.16. The minimum absolute atomic E-state index is 0. The van der Waals surface area contributed by atoms with Crippen molar-refractivity contribution in [2.75, 3.05) is 20.1 Å². The number of nitrogens with one attached hydrogen (secondary N) is 1. The van der Waals surface area contributed by atoms with Crippen molar-refractivity contribution in [3.05, 3.63) is 22.4 Å². The number of rotatable bonds is 7. The lowest BCUT2D eigenvalue weighted by molar-refractivity contribution is -0.134. The molecule has 1 unspecified atom stereocenters. The van der Waals surface area contributed by atoms with Gasteiger partial charge in [-0.1, -0.05) is 33.8 Å². The summed E-state index contributed by atoms with van der Waals surface area (Å²) < 4.78 is 0. The standard InChI is InChI=1S/C16H27N3O2S.ClH/c1-11(2)13(18-14(20)12-7-6-8-22-12)15(21)19(5)10-16(3,4)9-17;/h6-8,11,13H,9-10,17H2,1-5H3,(H,18,20);1H. The van der Waals surface area contributed by atoms with Crippen molar-refractivity contribution >= 4 is 35.6 Å². The van der Waals surface area contributed by atoms with Crippen LogP contribution in [0.15, 0.2) is 17.5 Å². The Morgan fingerprint density at radius 3 is 2.43 bits per heavy atom. The minimum Gasteiger partial charge on any atom is -0.343 e. The summed E-state index contributed by atoms with van der Waals surface area (Å²) in [5.41, 5.74) is 5.58. The van der Waals surface area contributed by atoms with Crippen molar-refractivity contribution in [3.63, 3.8) is 0 Å². The molecule has 1 aromatic heterocycles. The highest BCUT2D eigenvalue weighted by Gasteiger charge is 2.30. The number of carbonyl (C=O) groups is 2. The van der Waals surface area contributed by atoms with Crippen molar-refractivity contribution in [1.82, 2.24) is 10.2 Å². The predicted octanol–water partition coefficient (Wildman–Crippen LogP) is 2.37. The minimum atomic E-state index is -0.534. The van der Waals surface area contributed by atoms with Gasteiger partial charge < -0.3 is 16.0 Å². The largest absolute Gasteiger partial charge is 0.343 e. The van der Waals surface area contributed by atoms with Crippen LogP contribution in [0.25, 0.3) is 0 Å². The van der Waals surface area contributed by atoms with Crippen molar-refractivity contribution in [1.29, 1.82) is 0 Å². The van der Waals surface area contributed by atoms with Gasteiger partial charge in [-0.25, -0.2) is 0 Å². The molecule has 5 nitrogen and oxygen atoms in total. The lowest BCUT2D eigenvalue weighted by atomic mass is 9.92. The summed E-state index contributed by atoms with van der Waals surface area (Å²) in [6.45, 7) is 8.95. The average Bonchev–Trinajstić information content (AvgIpc) is 2.97. The van der Waals surface area contributed by atoms with Crippen molar-refractivity contribution in [2.45, 2.75) is 33.7 Å². The summed E-state index contributed by atoms with van der Waals surface area (Å²) in [6, 6.07) is 3.04. The molecule has 0 spiro atoms. The molecule has 0 aliphatic heterocycles. The lowest BCUT2D eigenvalue weighted by Crippen LogP contribution is -2.52. The molecule has 1 aromatic rings. The Morgan fingerprint density at radius 2 is 2.00 bits per heavy atom. The van der Waals surface area contributed by atoms with Crippen molar-refractivity contribution in [3.8, 4) is 0 Å². The van der Waals surface area contributed by atoms with E-state index in [2.05, 4.69) is 5.32 Å². The first-order chi connectivity index (χ1) is 10.2. The third kappa shape index (κ3) is 6.49. The first kappa shape index (κ1) is 21.9. The number of halogens is 1. The Morgan fingerprint density at radius 1 is 1.39 bits per heavy atom. The van der Waals surface area contributed by atoms with Crippen LogP contribution in [0.1, 0.15) is 37.4 Å². The van der Waals surface area contributed by atoms with Gasteiger partial charge in [-0.05, 0) is 29.3 Å². The van der Waals surface area contributed by atoms with E-state index in [0.29, 0.717) is 18.0 Å². The molecule has 0 aliphatic rings. The number of nitrogens with zero attached hydrogens (tertiary/aromatic N) is 1. The van der Waals surface area contributed by atoms with E-state index in [9.17, 15) is 9.59 Å². The van der Waals surface area contributed by atoms with Crippen LogP contribution in [0.4, 0.5) is 0 Å². The summed E-state index contributed by atoms with van der Waals surface area (Å²) in [6.07, 6.45) is 0. The van der Waals surface area contributed by atoms with Gasteiger partial charge in [-0.15, -0.1) is 23.7 Å². The normalized spacial score (nSPS) is 12.5. The van der Waals surface area contributed by atoms with Crippen LogP contribution in [0, 0.1) is 11.3 Å². The zero-order chi connectivity index (χ0) is 16.9. The summed E-state index contributed by atoms with van der Waals surface area (Å²) in [5.74, 6) is -0.269. The molecule has 2 amide bonds. The lowest BCUT2D eigenvalue weighted by Gasteiger charge is -2.32. The number of thiophene rings is 1. The molecule has 132 valence electrons. The van der Waals surface area contributed by atoms with Crippen molar-refractivity contribution in [2.24, 2.45) is 17.1 Å². The van der Waals surface area contributed by atoms with Crippen LogP contribution in [0.5, 0.6) is 0 Å². The second-order valence-corrected chi connectivity index (χ2v) is 7.68. The van der Waals surface area contributed by atoms with Gasteiger partial charge in [0.25, 0.3) is 5.91 Å². The molecule has 0 radical (unpaired) electrons. The third-order valence-corrected chi connectivity index (χ3v) is 4.43. The predicted molar refractivity (Wildman–Crippen MR) is 98.1 cm³/mol. The highest BCUT2D eigenvalue weighted by molar-refractivity contribution is 7.12. The Kier molecular flexibility index (Phi) is 8.80. The van der Waals surface area contributed by atoms with Crippen LogP contribution in [0.2, 0.25) is 0 Å². The number of carbonyl (C=O) groups excluding carboxylic acids is 2. The second kappa shape index (κ2) is 9.25. The van der Waals surface area contributed by atoms with E-state index in [1.54, 1.807) is 18.0 Å². The number of likely N-dealkylation sites (N-methyl/N-ethyl adjacent to an activating group) is 1. The van der Waals surface area contributed by atoms with E-state index >= 15 is 0 Å². The third-order valence-electron chi connectivity index (χ3n) is 3.56. The van der Waals surface area contributed by atoms with Crippen LogP contribution in [-0.2, 0) is 4.79 Å². The van der Waals surface area contributed by atoms with Crippen LogP contribution < -0.4 is 11.1 Å². The summed E-state index contributed by atoms with van der Waals surface area (Å²) in [7, 11) is 1.76. The number of amides is 2. The zero-order valence-electron chi connectivity index (χ0n) is 14.5. The van der Waals surface area contributed by atoms with Crippen molar-refractivity contribution < 1.29 is 9.59 Å². The number of hydrogen-bond donors (Lipinski definition) is 2. The fourth-order valence-corrected chi connectivity index (χ4v) is 2.78. The molecule has 3 N–H and O–H groups in total.